The largest absolute Gasteiger partial charge is 0.193 e. The van der Waals surface area contributed by atoms with E-state index in [1.807, 2.05) is 6.92 Å². The molecular weight excluding hydrogens is 158 g/mol. The number of nitrogens with zero attached hydrogens (tertiary/aromatic N) is 1. The van der Waals surface area contributed by atoms with Crippen LogP contribution in [-0.2, 0) is 0 Å². The summed E-state index contributed by atoms with van der Waals surface area (Å²) in [6.07, 6.45) is 4.00. The molecule has 0 heterocycles. The standard InChI is InChI=1S/C12H19N/c1-9(7-8-13)5-6-11-10(2)12(11,3)4/h7,10-11H,5-6H2,1-4H3/b9-7+. The van der Waals surface area contributed by atoms with E-state index in [-0.39, 0.29) is 0 Å². The molecule has 1 saturated carbocycles. The lowest BCUT2D eigenvalue weighted by Gasteiger charge is -2.02. The third-order valence-corrected chi connectivity index (χ3v) is 3.78. The Bertz CT molecular complexity index is 255. The Morgan fingerprint density at radius 3 is 2.46 bits per heavy atom. The van der Waals surface area contributed by atoms with Gasteiger partial charge in [0.2, 0.25) is 0 Å². The molecular formula is C12H19N. The highest BCUT2D eigenvalue weighted by molar-refractivity contribution is 5.12. The van der Waals surface area contributed by atoms with Gasteiger partial charge in [0, 0.05) is 6.08 Å². The van der Waals surface area contributed by atoms with Crippen LogP contribution in [0.25, 0.3) is 0 Å². The maximum absolute atomic E-state index is 8.45. The number of allylic oxidation sites excluding steroid dienone is 2. The van der Waals surface area contributed by atoms with Crippen molar-refractivity contribution in [3.8, 4) is 6.07 Å². The van der Waals surface area contributed by atoms with E-state index in [4.69, 9.17) is 5.26 Å². The lowest BCUT2D eigenvalue weighted by atomic mass is 10.0. The molecule has 1 nitrogen and oxygen atoms in total. The minimum atomic E-state index is 0.549. The van der Waals surface area contributed by atoms with E-state index in [1.54, 1.807) is 6.08 Å². The van der Waals surface area contributed by atoms with E-state index in [0.717, 1.165) is 18.3 Å². The summed E-state index contributed by atoms with van der Waals surface area (Å²) in [6, 6.07) is 2.08. The molecule has 2 unspecified atom stereocenters. The van der Waals surface area contributed by atoms with Crippen LogP contribution in [0.1, 0.15) is 40.5 Å². The van der Waals surface area contributed by atoms with Gasteiger partial charge in [0.15, 0.2) is 0 Å². The number of nitriles is 1. The predicted octanol–water partition coefficient (Wildman–Crippen LogP) is 3.53. The summed E-state index contributed by atoms with van der Waals surface area (Å²) < 4.78 is 0. The maximum Gasteiger partial charge on any atom is 0.0911 e. The van der Waals surface area contributed by atoms with Crippen LogP contribution in [0.2, 0.25) is 0 Å². The number of hydrogen-bond donors (Lipinski definition) is 0. The summed E-state index contributed by atoms with van der Waals surface area (Å²) in [5.41, 5.74) is 1.77. The fraction of sp³-hybridized carbons (Fsp3) is 0.750. The van der Waals surface area contributed by atoms with Crippen molar-refractivity contribution in [1.82, 2.24) is 0 Å². The SMILES string of the molecule is C/C(=C\C#N)CCC1C(C)C1(C)C. The second-order valence-corrected chi connectivity index (χ2v) is 4.88. The molecule has 0 aromatic carbocycles. The highest BCUT2D eigenvalue weighted by atomic mass is 14.6. The summed E-state index contributed by atoms with van der Waals surface area (Å²) in [5.74, 6) is 1.73. The van der Waals surface area contributed by atoms with Crippen molar-refractivity contribution < 1.29 is 0 Å². The van der Waals surface area contributed by atoms with Gasteiger partial charge in [0.05, 0.1) is 6.07 Å². The Hall–Kier alpha value is -0.770. The first-order valence-electron chi connectivity index (χ1n) is 5.05. The molecule has 72 valence electrons. The molecule has 0 bridgehead atoms. The molecule has 0 aliphatic heterocycles. The van der Waals surface area contributed by atoms with Crippen molar-refractivity contribution in [3.05, 3.63) is 11.6 Å². The van der Waals surface area contributed by atoms with Gasteiger partial charge < -0.3 is 0 Å². The van der Waals surface area contributed by atoms with Gasteiger partial charge in [-0.2, -0.15) is 5.26 Å². The zero-order chi connectivity index (χ0) is 10.1. The third-order valence-electron chi connectivity index (χ3n) is 3.78. The first-order valence-corrected chi connectivity index (χ1v) is 5.05. The minimum Gasteiger partial charge on any atom is -0.193 e. The second kappa shape index (κ2) is 3.54. The van der Waals surface area contributed by atoms with Crippen LogP contribution in [0.3, 0.4) is 0 Å². The van der Waals surface area contributed by atoms with Gasteiger partial charge >= 0.3 is 0 Å². The molecule has 1 fully saturated rings. The third kappa shape index (κ3) is 2.12. The smallest absolute Gasteiger partial charge is 0.0911 e. The fourth-order valence-corrected chi connectivity index (χ4v) is 2.21. The van der Waals surface area contributed by atoms with E-state index in [9.17, 15) is 0 Å². The summed E-state index contributed by atoms with van der Waals surface area (Å²) in [6.45, 7) is 9.05. The van der Waals surface area contributed by atoms with Crippen LogP contribution in [0, 0.1) is 28.6 Å². The number of hydrogen-bond acceptors (Lipinski definition) is 1. The molecule has 1 rings (SSSR count). The topological polar surface area (TPSA) is 23.8 Å². The van der Waals surface area contributed by atoms with Gasteiger partial charge in [-0.3, -0.25) is 0 Å². The Morgan fingerprint density at radius 2 is 2.08 bits per heavy atom. The average molecular weight is 177 g/mol. The fourth-order valence-electron chi connectivity index (χ4n) is 2.21. The quantitative estimate of drug-likeness (QED) is 0.605. The zero-order valence-corrected chi connectivity index (χ0v) is 9.09. The van der Waals surface area contributed by atoms with Gasteiger partial charge in [0.25, 0.3) is 0 Å². The van der Waals surface area contributed by atoms with Crippen molar-refractivity contribution in [2.24, 2.45) is 17.3 Å². The highest BCUT2D eigenvalue weighted by Gasteiger charge is 2.53. The van der Waals surface area contributed by atoms with Crippen molar-refractivity contribution in [3.63, 3.8) is 0 Å². The van der Waals surface area contributed by atoms with E-state index in [0.29, 0.717) is 5.41 Å². The molecule has 0 aromatic heterocycles. The van der Waals surface area contributed by atoms with Crippen molar-refractivity contribution in [2.45, 2.75) is 40.5 Å². The van der Waals surface area contributed by atoms with Crippen LogP contribution in [-0.4, -0.2) is 0 Å². The molecule has 0 saturated heterocycles. The number of rotatable bonds is 3. The minimum absolute atomic E-state index is 0.549. The second-order valence-electron chi connectivity index (χ2n) is 4.88. The molecule has 0 spiro atoms. The lowest BCUT2D eigenvalue weighted by molar-refractivity contribution is 0.525. The molecule has 0 aromatic rings. The lowest BCUT2D eigenvalue weighted by Crippen LogP contribution is -1.90. The molecule has 1 aliphatic carbocycles. The summed E-state index contributed by atoms with van der Waals surface area (Å²) in [4.78, 5) is 0. The molecule has 1 aliphatic rings. The van der Waals surface area contributed by atoms with E-state index in [2.05, 4.69) is 26.8 Å². The highest BCUT2D eigenvalue weighted by Crippen LogP contribution is 2.60. The molecule has 0 amide bonds. The normalized spacial score (nSPS) is 31.2. The van der Waals surface area contributed by atoms with Crippen molar-refractivity contribution in [1.29, 1.82) is 5.26 Å². The summed E-state index contributed by atoms with van der Waals surface area (Å²) in [7, 11) is 0. The first kappa shape index (κ1) is 10.3. The Balaban J connectivity index is 2.31. The molecule has 2 atom stereocenters. The molecule has 13 heavy (non-hydrogen) atoms. The molecule has 0 radical (unpaired) electrons. The van der Waals surface area contributed by atoms with Crippen LogP contribution < -0.4 is 0 Å². The summed E-state index contributed by atoms with van der Waals surface area (Å²) in [5, 5.41) is 8.45. The maximum atomic E-state index is 8.45. The Labute approximate surface area is 81.5 Å². The van der Waals surface area contributed by atoms with E-state index < -0.39 is 0 Å². The van der Waals surface area contributed by atoms with Gasteiger partial charge in [-0.25, -0.2) is 0 Å². The van der Waals surface area contributed by atoms with Crippen LogP contribution in [0.15, 0.2) is 11.6 Å². The average Bonchev–Trinajstić information content (AvgIpc) is 2.49. The molecule has 0 N–H and O–H groups in total. The van der Waals surface area contributed by atoms with Crippen LogP contribution in [0.4, 0.5) is 0 Å². The first-order chi connectivity index (χ1) is 6.00. The van der Waals surface area contributed by atoms with E-state index >= 15 is 0 Å². The summed E-state index contributed by atoms with van der Waals surface area (Å²) >= 11 is 0. The molecule has 1 heteroatoms. The van der Waals surface area contributed by atoms with Gasteiger partial charge in [0.1, 0.15) is 0 Å². The van der Waals surface area contributed by atoms with Crippen LogP contribution >= 0.6 is 0 Å². The predicted molar refractivity (Wildman–Crippen MR) is 55.0 cm³/mol. The Morgan fingerprint density at radius 1 is 1.54 bits per heavy atom. The zero-order valence-electron chi connectivity index (χ0n) is 9.09. The Kier molecular flexibility index (Phi) is 2.81. The van der Waals surface area contributed by atoms with Gasteiger partial charge in [-0.1, -0.05) is 26.3 Å². The van der Waals surface area contributed by atoms with Crippen molar-refractivity contribution >= 4 is 0 Å². The van der Waals surface area contributed by atoms with Gasteiger partial charge in [-0.15, -0.1) is 0 Å². The van der Waals surface area contributed by atoms with Crippen LogP contribution in [0.5, 0.6) is 0 Å². The van der Waals surface area contributed by atoms with Gasteiger partial charge in [-0.05, 0) is 37.0 Å². The van der Waals surface area contributed by atoms with Crippen molar-refractivity contribution in [2.75, 3.05) is 0 Å². The van der Waals surface area contributed by atoms with E-state index in [1.165, 1.54) is 12.0 Å². The monoisotopic (exact) mass is 177 g/mol.